The molecule has 0 saturated carbocycles. The summed E-state index contributed by atoms with van der Waals surface area (Å²) in [5.74, 6) is 0.458. The minimum absolute atomic E-state index is 0.401. The molecule has 4 heteroatoms. The summed E-state index contributed by atoms with van der Waals surface area (Å²) in [4.78, 5) is 4.74. The van der Waals surface area contributed by atoms with Crippen LogP contribution < -0.4 is 0 Å². The summed E-state index contributed by atoms with van der Waals surface area (Å²) in [6.07, 6.45) is 1.05. The second-order valence-electron chi connectivity index (χ2n) is 3.64. The number of nitrogens with zero attached hydrogens (tertiary/aromatic N) is 2. The van der Waals surface area contributed by atoms with Gasteiger partial charge < -0.3 is 0 Å². The molecule has 0 aliphatic carbocycles. The lowest BCUT2D eigenvalue weighted by molar-refractivity contribution is -1.25. The van der Waals surface area contributed by atoms with Crippen molar-refractivity contribution in [1.82, 2.24) is 5.06 Å². The Morgan fingerprint density at radius 1 is 1.50 bits per heavy atom. The molecule has 0 rings (SSSR count). The van der Waals surface area contributed by atoms with E-state index in [-0.39, 0.29) is 0 Å². The van der Waals surface area contributed by atoms with Gasteiger partial charge >= 0.3 is 0 Å². The molecule has 2 unspecified atom stereocenters. The third-order valence-corrected chi connectivity index (χ3v) is 1.69. The van der Waals surface area contributed by atoms with Gasteiger partial charge in [-0.3, -0.25) is 0 Å². The van der Waals surface area contributed by atoms with Crippen LogP contribution in [0.3, 0.4) is 0 Å². The van der Waals surface area contributed by atoms with Crippen LogP contribution in [0.2, 0.25) is 0 Å². The Bertz CT molecular complexity index is 126. The summed E-state index contributed by atoms with van der Waals surface area (Å²) in [5, 5.41) is 11.2. The SMILES string of the molecule is CCC(C)C[N+](C)(O)ON(C)C. The molecule has 0 spiro atoms. The molecule has 0 saturated heterocycles. The third-order valence-electron chi connectivity index (χ3n) is 1.69. The van der Waals surface area contributed by atoms with Crippen LogP contribution in [-0.2, 0) is 4.94 Å². The smallest absolute Gasteiger partial charge is 0.146 e. The molecule has 0 heterocycles. The Hall–Kier alpha value is -0.160. The Labute approximate surface area is 74.8 Å². The number of hydroxylamine groups is 6. The van der Waals surface area contributed by atoms with E-state index in [1.165, 1.54) is 5.06 Å². The zero-order chi connectivity index (χ0) is 9.78. The van der Waals surface area contributed by atoms with Crippen molar-refractivity contribution in [3.8, 4) is 0 Å². The van der Waals surface area contributed by atoms with Crippen molar-refractivity contribution in [3.05, 3.63) is 0 Å². The van der Waals surface area contributed by atoms with Gasteiger partial charge in [-0.2, -0.15) is 5.21 Å². The Morgan fingerprint density at radius 3 is 2.33 bits per heavy atom. The first-order valence-corrected chi connectivity index (χ1v) is 4.32. The monoisotopic (exact) mass is 177 g/mol. The fraction of sp³-hybridized carbons (Fsp3) is 1.00. The van der Waals surface area contributed by atoms with Crippen molar-refractivity contribution >= 4 is 0 Å². The van der Waals surface area contributed by atoms with E-state index in [2.05, 4.69) is 13.8 Å². The van der Waals surface area contributed by atoms with Gasteiger partial charge in [-0.1, -0.05) is 18.8 Å². The summed E-state index contributed by atoms with van der Waals surface area (Å²) in [6.45, 7) is 4.79. The molecule has 0 fully saturated rings. The van der Waals surface area contributed by atoms with Gasteiger partial charge in [-0.15, -0.1) is 5.06 Å². The number of hydrogen-bond acceptors (Lipinski definition) is 3. The molecule has 0 aromatic carbocycles. The van der Waals surface area contributed by atoms with Crippen LogP contribution >= 0.6 is 0 Å². The van der Waals surface area contributed by atoms with Crippen molar-refractivity contribution in [2.45, 2.75) is 20.3 Å². The van der Waals surface area contributed by atoms with Crippen LogP contribution in [0, 0.1) is 5.92 Å². The zero-order valence-corrected chi connectivity index (χ0v) is 8.74. The molecule has 74 valence electrons. The highest BCUT2D eigenvalue weighted by Gasteiger charge is 2.25. The van der Waals surface area contributed by atoms with Crippen LogP contribution in [0.25, 0.3) is 0 Å². The minimum Gasteiger partial charge on any atom is -0.180 e. The van der Waals surface area contributed by atoms with Crippen molar-refractivity contribution in [3.63, 3.8) is 0 Å². The van der Waals surface area contributed by atoms with Gasteiger partial charge in [0.2, 0.25) is 0 Å². The molecule has 0 amide bonds. The third kappa shape index (κ3) is 5.49. The molecule has 0 aliphatic heterocycles. The second kappa shape index (κ2) is 4.77. The van der Waals surface area contributed by atoms with E-state index in [0.29, 0.717) is 12.5 Å². The van der Waals surface area contributed by atoms with E-state index in [1.54, 1.807) is 21.1 Å². The van der Waals surface area contributed by atoms with E-state index in [4.69, 9.17) is 4.94 Å². The lowest BCUT2D eigenvalue weighted by atomic mass is 10.1. The average Bonchev–Trinajstić information content (AvgIpc) is 1.83. The first-order chi connectivity index (χ1) is 5.37. The predicted molar refractivity (Wildman–Crippen MR) is 47.1 cm³/mol. The summed E-state index contributed by atoms with van der Waals surface area (Å²) >= 11 is 0. The largest absolute Gasteiger partial charge is 0.180 e. The first-order valence-electron chi connectivity index (χ1n) is 4.32. The fourth-order valence-electron chi connectivity index (χ4n) is 1.09. The van der Waals surface area contributed by atoms with Gasteiger partial charge in [-0.25, -0.2) is 0 Å². The van der Waals surface area contributed by atoms with Crippen LogP contribution in [0.5, 0.6) is 0 Å². The zero-order valence-electron chi connectivity index (χ0n) is 8.74. The molecule has 1 N–H and O–H groups in total. The molecule has 0 aromatic rings. The van der Waals surface area contributed by atoms with Crippen LogP contribution in [0.4, 0.5) is 0 Å². The highest BCUT2D eigenvalue weighted by molar-refractivity contribution is 4.43. The van der Waals surface area contributed by atoms with Gasteiger partial charge in [0.05, 0.1) is 0 Å². The van der Waals surface area contributed by atoms with E-state index in [0.717, 1.165) is 6.42 Å². The molecule has 0 bridgehead atoms. The molecular weight excluding hydrogens is 156 g/mol. The molecule has 4 nitrogen and oxygen atoms in total. The van der Waals surface area contributed by atoms with Crippen molar-refractivity contribution in [2.24, 2.45) is 5.92 Å². The van der Waals surface area contributed by atoms with Crippen molar-refractivity contribution in [2.75, 3.05) is 27.7 Å². The summed E-state index contributed by atoms with van der Waals surface area (Å²) in [6, 6.07) is 0. The van der Waals surface area contributed by atoms with E-state index < -0.39 is 4.81 Å². The quantitative estimate of drug-likeness (QED) is 0.507. The summed E-state index contributed by atoms with van der Waals surface area (Å²) in [5.41, 5.74) is 0. The Morgan fingerprint density at radius 2 is 2.00 bits per heavy atom. The molecule has 0 radical (unpaired) electrons. The first kappa shape index (κ1) is 11.8. The average molecular weight is 177 g/mol. The Balaban J connectivity index is 3.85. The maximum absolute atomic E-state index is 9.66. The van der Waals surface area contributed by atoms with E-state index >= 15 is 0 Å². The summed E-state index contributed by atoms with van der Waals surface area (Å²) in [7, 11) is 5.14. The van der Waals surface area contributed by atoms with Gasteiger partial charge in [0.25, 0.3) is 0 Å². The van der Waals surface area contributed by atoms with Gasteiger partial charge in [0.15, 0.2) is 0 Å². The molecule has 0 aliphatic rings. The maximum Gasteiger partial charge on any atom is 0.146 e. The number of rotatable bonds is 5. The standard InChI is InChI=1S/C8H21N2O2/c1-6-8(2)7-10(5,11)12-9(3)4/h8,11H,6-7H2,1-5H3/q+1. The van der Waals surface area contributed by atoms with Crippen LogP contribution in [-0.4, -0.2) is 42.8 Å². The van der Waals surface area contributed by atoms with Gasteiger partial charge in [-0.05, 0) is 11.2 Å². The van der Waals surface area contributed by atoms with Crippen molar-refractivity contribution < 1.29 is 15.0 Å². The predicted octanol–water partition coefficient (Wildman–Crippen LogP) is 1.28. The van der Waals surface area contributed by atoms with E-state index in [1.807, 2.05) is 0 Å². The summed E-state index contributed by atoms with van der Waals surface area (Å²) < 4.78 is 0. The van der Waals surface area contributed by atoms with E-state index in [9.17, 15) is 5.21 Å². The minimum atomic E-state index is -0.401. The van der Waals surface area contributed by atoms with Crippen molar-refractivity contribution in [1.29, 1.82) is 0 Å². The van der Waals surface area contributed by atoms with Gasteiger partial charge in [0.1, 0.15) is 13.6 Å². The fourth-order valence-corrected chi connectivity index (χ4v) is 1.09. The topological polar surface area (TPSA) is 32.7 Å². The Kier molecular flexibility index (Phi) is 4.70. The maximum atomic E-state index is 9.66. The highest BCUT2D eigenvalue weighted by atomic mass is 17.0. The molecule has 12 heavy (non-hydrogen) atoms. The van der Waals surface area contributed by atoms with Gasteiger partial charge in [0, 0.05) is 20.0 Å². The lowest BCUT2D eigenvalue weighted by Gasteiger charge is -2.26. The lowest BCUT2D eigenvalue weighted by Crippen LogP contribution is -2.47. The number of hydrogen-bond donors (Lipinski definition) is 1. The molecule has 2 atom stereocenters. The van der Waals surface area contributed by atoms with Crippen LogP contribution in [0.15, 0.2) is 0 Å². The molecule has 0 aromatic heterocycles. The second-order valence-corrected chi connectivity index (χ2v) is 3.64. The highest BCUT2D eigenvalue weighted by Crippen LogP contribution is 2.09. The normalized spacial score (nSPS) is 19.2. The van der Waals surface area contributed by atoms with Crippen LogP contribution in [0.1, 0.15) is 20.3 Å². The number of quaternary nitrogens is 1. The molecular formula is C8H21N2O2+.